The van der Waals surface area contributed by atoms with Crippen molar-refractivity contribution in [2.24, 2.45) is 0 Å². The van der Waals surface area contributed by atoms with Crippen molar-refractivity contribution in [3.63, 3.8) is 0 Å². The zero-order chi connectivity index (χ0) is 16.9. The number of halogens is 1. The Labute approximate surface area is 141 Å². The molecule has 5 nitrogen and oxygen atoms in total. The summed E-state index contributed by atoms with van der Waals surface area (Å²) in [6.07, 6.45) is -0.728. The van der Waals surface area contributed by atoms with E-state index in [-0.39, 0.29) is 30.4 Å². The first kappa shape index (κ1) is 16.6. The van der Waals surface area contributed by atoms with Gasteiger partial charge in [0.2, 0.25) is 0 Å². The van der Waals surface area contributed by atoms with E-state index in [2.05, 4.69) is 10.3 Å². The minimum atomic E-state index is -0.728. The van der Waals surface area contributed by atoms with Crippen LogP contribution in [0.25, 0.3) is 10.2 Å². The number of thiazole rings is 1. The number of aromatic amines is 1. The van der Waals surface area contributed by atoms with Crippen LogP contribution in [0.3, 0.4) is 0 Å². The van der Waals surface area contributed by atoms with Crippen LogP contribution in [0.1, 0.15) is 5.56 Å². The highest BCUT2D eigenvalue weighted by Gasteiger charge is 2.07. The first-order chi connectivity index (χ1) is 11.6. The van der Waals surface area contributed by atoms with Crippen molar-refractivity contribution in [3.05, 3.63) is 63.5 Å². The number of benzene rings is 2. The van der Waals surface area contributed by atoms with Crippen molar-refractivity contribution in [2.45, 2.75) is 12.7 Å². The second-order valence-electron chi connectivity index (χ2n) is 5.37. The molecule has 3 N–H and O–H groups in total. The van der Waals surface area contributed by atoms with Crippen molar-refractivity contribution in [1.82, 2.24) is 4.98 Å². The monoisotopic (exact) mass is 348 g/mol. The van der Waals surface area contributed by atoms with Gasteiger partial charge in [-0.05, 0) is 24.3 Å². The SMILES string of the molecule is O=c1[nH]c2cc(NCC(O)COCc3ccccc3F)ccc2s1. The molecular formula is C17H17FN2O3S. The largest absolute Gasteiger partial charge is 0.389 e. The first-order valence-electron chi connectivity index (χ1n) is 7.48. The highest BCUT2D eigenvalue weighted by atomic mass is 32.1. The Morgan fingerprint density at radius 2 is 2.12 bits per heavy atom. The number of nitrogens with one attached hydrogen (secondary N) is 2. The summed E-state index contributed by atoms with van der Waals surface area (Å²) >= 11 is 1.16. The molecule has 3 rings (SSSR count). The van der Waals surface area contributed by atoms with Gasteiger partial charge >= 0.3 is 4.87 Å². The third kappa shape index (κ3) is 4.19. The Balaban J connectivity index is 1.47. The van der Waals surface area contributed by atoms with Crippen LogP contribution in [0.15, 0.2) is 47.3 Å². The maximum Gasteiger partial charge on any atom is 0.305 e. The van der Waals surface area contributed by atoms with Gasteiger partial charge < -0.3 is 20.1 Å². The van der Waals surface area contributed by atoms with Crippen LogP contribution in [0.2, 0.25) is 0 Å². The highest BCUT2D eigenvalue weighted by Crippen LogP contribution is 2.19. The van der Waals surface area contributed by atoms with E-state index in [0.717, 1.165) is 27.2 Å². The molecule has 1 aromatic heterocycles. The summed E-state index contributed by atoms with van der Waals surface area (Å²) in [7, 11) is 0. The van der Waals surface area contributed by atoms with E-state index in [9.17, 15) is 14.3 Å². The van der Waals surface area contributed by atoms with Crippen LogP contribution in [-0.2, 0) is 11.3 Å². The maximum atomic E-state index is 13.4. The van der Waals surface area contributed by atoms with E-state index in [4.69, 9.17) is 4.74 Å². The van der Waals surface area contributed by atoms with Crippen LogP contribution in [0, 0.1) is 5.82 Å². The average Bonchev–Trinajstić information content (AvgIpc) is 2.94. The fraction of sp³-hybridized carbons (Fsp3) is 0.235. The lowest BCUT2D eigenvalue weighted by Crippen LogP contribution is -2.24. The molecule has 7 heteroatoms. The van der Waals surface area contributed by atoms with Crippen molar-refractivity contribution >= 4 is 27.2 Å². The van der Waals surface area contributed by atoms with Gasteiger partial charge in [0.05, 0.1) is 29.5 Å². The van der Waals surface area contributed by atoms with Crippen LogP contribution < -0.4 is 10.2 Å². The van der Waals surface area contributed by atoms with E-state index in [0.29, 0.717) is 5.56 Å². The molecule has 0 bridgehead atoms. The smallest absolute Gasteiger partial charge is 0.305 e. The molecule has 126 valence electrons. The van der Waals surface area contributed by atoms with Crippen LogP contribution in [-0.4, -0.2) is 29.3 Å². The molecular weight excluding hydrogens is 331 g/mol. The first-order valence-corrected chi connectivity index (χ1v) is 8.29. The number of aromatic nitrogens is 1. The Kier molecular flexibility index (Phi) is 5.24. The molecule has 0 spiro atoms. The molecule has 0 radical (unpaired) electrons. The molecule has 0 saturated heterocycles. The maximum absolute atomic E-state index is 13.4. The van der Waals surface area contributed by atoms with Crippen molar-refractivity contribution < 1.29 is 14.2 Å². The van der Waals surface area contributed by atoms with Crippen LogP contribution in [0.4, 0.5) is 10.1 Å². The zero-order valence-electron chi connectivity index (χ0n) is 12.8. The summed E-state index contributed by atoms with van der Waals surface area (Å²) in [4.78, 5) is 13.9. The summed E-state index contributed by atoms with van der Waals surface area (Å²) in [6.45, 7) is 0.502. The van der Waals surface area contributed by atoms with E-state index in [1.807, 2.05) is 18.2 Å². The lowest BCUT2D eigenvalue weighted by Gasteiger charge is -2.13. The molecule has 0 saturated carbocycles. The van der Waals surface area contributed by atoms with Gasteiger partial charge in [-0.15, -0.1) is 0 Å². The fourth-order valence-corrected chi connectivity index (χ4v) is 2.99. The van der Waals surface area contributed by atoms with E-state index >= 15 is 0 Å². The highest BCUT2D eigenvalue weighted by molar-refractivity contribution is 7.16. The second kappa shape index (κ2) is 7.57. The molecule has 3 aromatic rings. The summed E-state index contributed by atoms with van der Waals surface area (Å²) < 4.78 is 19.7. The van der Waals surface area contributed by atoms with Crippen molar-refractivity contribution in [2.75, 3.05) is 18.5 Å². The molecule has 1 heterocycles. The van der Waals surface area contributed by atoms with Gasteiger partial charge in [0.1, 0.15) is 5.82 Å². The van der Waals surface area contributed by atoms with Gasteiger partial charge in [0.25, 0.3) is 0 Å². The Morgan fingerprint density at radius 3 is 2.96 bits per heavy atom. The molecule has 0 amide bonds. The molecule has 0 aliphatic carbocycles. The molecule has 0 aliphatic rings. The number of anilines is 1. The number of hydrogen-bond acceptors (Lipinski definition) is 5. The zero-order valence-corrected chi connectivity index (χ0v) is 13.6. The summed E-state index contributed by atoms with van der Waals surface area (Å²) in [5, 5.41) is 13.0. The number of aliphatic hydroxyl groups is 1. The van der Waals surface area contributed by atoms with Gasteiger partial charge in [-0.25, -0.2) is 4.39 Å². The van der Waals surface area contributed by atoms with Gasteiger partial charge in [-0.3, -0.25) is 4.79 Å². The van der Waals surface area contributed by atoms with Gasteiger partial charge in [-0.2, -0.15) is 0 Å². The predicted molar refractivity (Wildman–Crippen MR) is 93.0 cm³/mol. The normalized spacial score (nSPS) is 12.4. The predicted octanol–water partition coefficient (Wildman–Crippen LogP) is 2.72. The van der Waals surface area contributed by atoms with Gasteiger partial charge in [0.15, 0.2) is 0 Å². The number of aliphatic hydroxyl groups excluding tert-OH is 1. The van der Waals surface area contributed by atoms with E-state index in [1.165, 1.54) is 6.07 Å². The molecule has 1 unspecified atom stereocenters. The van der Waals surface area contributed by atoms with Crippen molar-refractivity contribution in [3.8, 4) is 0 Å². The Hall–Kier alpha value is -2.22. The minimum Gasteiger partial charge on any atom is -0.389 e. The Morgan fingerprint density at radius 1 is 1.29 bits per heavy atom. The quantitative estimate of drug-likeness (QED) is 0.614. The molecule has 0 fully saturated rings. The molecule has 2 aromatic carbocycles. The lowest BCUT2D eigenvalue weighted by atomic mass is 10.2. The number of H-pyrrole nitrogens is 1. The third-order valence-electron chi connectivity index (χ3n) is 3.49. The van der Waals surface area contributed by atoms with E-state index < -0.39 is 6.10 Å². The van der Waals surface area contributed by atoms with Crippen molar-refractivity contribution in [1.29, 1.82) is 0 Å². The Bertz CT molecular complexity index is 877. The standard InChI is InChI=1S/C17H17FN2O3S/c18-14-4-2-1-3-11(14)9-23-10-13(21)8-19-12-5-6-16-15(7-12)20-17(22)24-16/h1-7,13,19,21H,8-10H2,(H,20,22). The number of ether oxygens (including phenoxy) is 1. The third-order valence-corrected chi connectivity index (χ3v) is 4.35. The number of hydrogen-bond donors (Lipinski definition) is 3. The van der Waals surface area contributed by atoms with Gasteiger partial charge in [0, 0.05) is 17.8 Å². The molecule has 0 aliphatic heterocycles. The second-order valence-corrected chi connectivity index (χ2v) is 6.38. The van der Waals surface area contributed by atoms with Gasteiger partial charge in [-0.1, -0.05) is 29.5 Å². The minimum absolute atomic E-state index is 0.0938. The van der Waals surface area contributed by atoms with E-state index in [1.54, 1.807) is 18.2 Å². The van der Waals surface area contributed by atoms with Crippen LogP contribution >= 0.6 is 11.3 Å². The summed E-state index contributed by atoms with van der Waals surface area (Å²) in [5.74, 6) is -0.317. The fourth-order valence-electron chi connectivity index (χ4n) is 2.28. The number of rotatable bonds is 7. The summed E-state index contributed by atoms with van der Waals surface area (Å²) in [6, 6.07) is 11.9. The number of fused-ring (bicyclic) bond motifs is 1. The summed E-state index contributed by atoms with van der Waals surface area (Å²) in [5.41, 5.74) is 2.02. The lowest BCUT2D eigenvalue weighted by molar-refractivity contribution is 0.0338. The molecule has 1 atom stereocenters. The van der Waals surface area contributed by atoms with Crippen LogP contribution in [0.5, 0.6) is 0 Å². The molecule has 24 heavy (non-hydrogen) atoms. The average molecular weight is 348 g/mol. The topological polar surface area (TPSA) is 74.4 Å².